The van der Waals surface area contributed by atoms with Gasteiger partial charge in [0.1, 0.15) is 5.60 Å². The van der Waals surface area contributed by atoms with Gasteiger partial charge in [0.2, 0.25) is 5.88 Å². The zero-order chi connectivity index (χ0) is 21.6. The van der Waals surface area contributed by atoms with Gasteiger partial charge in [-0.25, -0.2) is 9.78 Å². The Labute approximate surface area is 179 Å². The smallest absolute Gasteiger partial charge is 0.410 e. The Morgan fingerprint density at radius 1 is 1.07 bits per heavy atom. The topological polar surface area (TPSA) is 72.0 Å². The van der Waals surface area contributed by atoms with Crippen molar-refractivity contribution in [2.24, 2.45) is 5.92 Å². The van der Waals surface area contributed by atoms with Crippen LogP contribution in [-0.4, -0.2) is 65.2 Å². The molecule has 3 heterocycles. The van der Waals surface area contributed by atoms with Gasteiger partial charge in [0, 0.05) is 38.4 Å². The second-order valence-corrected chi connectivity index (χ2v) is 9.29. The fraction of sp³-hybridized carbons (Fsp3) is 0.696. The third kappa shape index (κ3) is 6.61. The van der Waals surface area contributed by atoms with Gasteiger partial charge in [-0.3, -0.25) is 4.79 Å². The highest BCUT2D eigenvalue weighted by Crippen LogP contribution is 2.23. The number of rotatable bonds is 6. The number of hydrogen-bond donors (Lipinski definition) is 0. The lowest BCUT2D eigenvalue weighted by Gasteiger charge is -2.33. The highest BCUT2D eigenvalue weighted by Gasteiger charge is 2.26. The molecule has 0 spiro atoms. The molecule has 0 N–H and O–H groups in total. The monoisotopic (exact) mass is 417 g/mol. The predicted octanol–water partition coefficient (Wildman–Crippen LogP) is 4.12. The number of pyridine rings is 1. The molecule has 0 unspecified atom stereocenters. The van der Waals surface area contributed by atoms with Gasteiger partial charge in [0.05, 0.1) is 12.2 Å². The van der Waals surface area contributed by atoms with Crippen LogP contribution in [0.1, 0.15) is 69.7 Å². The third-order valence-electron chi connectivity index (χ3n) is 5.65. The number of hydrogen-bond acceptors (Lipinski definition) is 5. The summed E-state index contributed by atoms with van der Waals surface area (Å²) in [5.41, 5.74) is 0.180. The van der Waals surface area contributed by atoms with Gasteiger partial charge in [-0.05, 0) is 71.3 Å². The highest BCUT2D eigenvalue weighted by molar-refractivity contribution is 5.94. The lowest BCUT2D eigenvalue weighted by atomic mass is 9.92. The first-order valence-corrected chi connectivity index (χ1v) is 11.2. The van der Waals surface area contributed by atoms with Crippen LogP contribution in [0.4, 0.5) is 4.79 Å². The van der Waals surface area contributed by atoms with Crippen molar-refractivity contribution in [2.45, 2.75) is 64.9 Å². The van der Waals surface area contributed by atoms with E-state index in [2.05, 4.69) is 4.98 Å². The van der Waals surface area contributed by atoms with Crippen LogP contribution in [0.25, 0.3) is 0 Å². The molecule has 0 radical (unpaired) electrons. The van der Waals surface area contributed by atoms with Crippen LogP contribution < -0.4 is 4.74 Å². The molecule has 30 heavy (non-hydrogen) atoms. The minimum Gasteiger partial charge on any atom is -0.478 e. The summed E-state index contributed by atoms with van der Waals surface area (Å²) in [6.45, 7) is 9.49. The van der Waals surface area contributed by atoms with Crippen LogP contribution in [0.3, 0.4) is 0 Å². The lowest BCUT2D eigenvalue weighted by Crippen LogP contribution is -2.41. The summed E-state index contributed by atoms with van der Waals surface area (Å²) in [5.74, 6) is 1.23. The van der Waals surface area contributed by atoms with Gasteiger partial charge in [-0.1, -0.05) is 0 Å². The van der Waals surface area contributed by atoms with E-state index in [1.165, 1.54) is 0 Å². The minimum absolute atomic E-state index is 0.0595. The molecule has 7 heteroatoms. The molecular weight excluding hydrogens is 382 g/mol. The molecule has 2 fully saturated rings. The number of likely N-dealkylation sites (tertiary alicyclic amines) is 2. The standard InChI is InChI=1S/C23H35N3O4/c1-23(2,3)30-22(28)26-14-10-18(11-15-26)7-6-16-29-20-9-8-19(17-24-20)21(27)25-12-4-5-13-25/h8-9,17-18H,4-7,10-16H2,1-3H3. The van der Waals surface area contributed by atoms with Crippen LogP contribution in [0.15, 0.2) is 18.3 Å². The number of amides is 2. The number of aromatic nitrogens is 1. The average Bonchev–Trinajstić information content (AvgIpc) is 3.25. The molecule has 0 saturated carbocycles. The van der Waals surface area contributed by atoms with Crippen molar-refractivity contribution in [2.75, 3.05) is 32.8 Å². The fourth-order valence-corrected chi connectivity index (χ4v) is 3.97. The molecule has 2 amide bonds. The summed E-state index contributed by atoms with van der Waals surface area (Å²) >= 11 is 0. The van der Waals surface area contributed by atoms with Crippen LogP contribution in [-0.2, 0) is 4.74 Å². The van der Waals surface area contributed by atoms with Crippen molar-refractivity contribution in [1.82, 2.24) is 14.8 Å². The van der Waals surface area contributed by atoms with Gasteiger partial charge in [-0.2, -0.15) is 0 Å². The number of carbonyl (C=O) groups excluding carboxylic acids is 2. The Bertz CT molecular complexity index is 700. The first kappa shape index (κ1) is 22.4. The van der Waals surface area contributed by atoms with Gasteiger partial charge in [-0.15, -0.1) is 0 Å². The van der Waals surface area contributed by atoms with Crippen LogP contribution in [0.2, 0.25) is 0 Å². The van der Waals surface area contributed by atoms with Crippen LogP contribution >= 0.6 is 0 Å². The SMILES string of the molecule is CC(C)(C)OC(=O)N1CCC(CCCOc2ccc(C(=O)N3CCCC3)cn2)CC1. The Morgan fingerprint density at radius 2 is 1.77 bits per heavy atom. The van der Waals surface area contributed by atoms with E-state index in [9.17, 15) is 9.59 Å². The van der Waals surface area contributed by atoms with Crippen molar-refractivity contribution in [3.05, 3.63) is 23.9 Å². The molecule has 0 bridgehead atoms. The lowest BCUT2D eigenvalue weighted by molar-refractivity contribution is 0.0179. The molecule has 7 nitrogen and oxygen atoms in total. The quantitative estimate of drug-likeness (QED) is 0.651. The molecule has 2 saturated heterocycles. The van der Waals surface area contributed by atoms with E-state index in [1.54, 1.807) is 18.3 Å². The second kappa shape index (κ2) is 10.1. The summed E-state index contributed by atoms with van der Waals surface area (Å²) in [7, 11) is 0. The number of piperidine rings is 1. The second-order valence-electron chi connectivity index (χ2n) is 9.29. The zero-order valence-electron chi connectivity index (χ0n) is 18.6. The Morgan fingerprint density at radius 3 is 2.37 bits per heavy atom. The molecule has 2 aliphatic rings. The van der Waals surface area contributed by atoms with Crippen molar-refractivity contribution < 1.29 is 19.1 Å². The average molecular weight is 418 g/mol. The maximum atomic E-state index is 12.3. The largest absolute Gasteiger partial charge is 0.478 e. The van der Waals surface area contributed by atoms with Crippen LogP contribution in [0.5, 0.6) is 5.88 Å². The fourth-order valence-electron chi connectivity index (χ4n) is 3.97. The summed E-state index contributed by atoms with van der Waals surface area (Å²) in [5, 5.41) is 0. The van der Waals surface area contributed by atoms with E-state index < -0.39 is 5.60 Å². The first-order chi connectivity index (χ1) is 14.3. The number of carbonyl (C=O) groups is 2. The van der Waals surface area contributed by atoms with Crippen molar-refractivity contribution in [3.8, 4) is 5.88 Å². The van der Waals surface area contributed by atoms with Crippen molar-refractivity contribution >= 4 is 12.0 Å². The van der Waals surface area contributed by atoms with E-state index in [-0.39, 0.29) is 12.0 Å². The van der Waals surface area contributed by atoms with Gasteiger partial charge in [0.15, 0.2) is 0 Å². The van der Waals surface area contributed by atoms with Crippen molar-refractivity contribution in [1.29, 1.82) is 0 Å². The molecule has 1 aromatic rings. The van der Waals surface area contributed by atoms with E-state index in [4.69, 9.17) is 9.47 Å². The molecular formula is C23H35N3O4. The number of ether oxygens (including phenoxy) is 2. The predicted molar refractivity (Wildman–Crippen MR) is 115 cm³/mol. The van der Waals surface area contributed by atoms with Crippen molar-refractivity contribution in [3.63, 3.8) is 0 Å². The maximum Gasteiger partial charge on any atom is 0.410 e. The van der Waals surface area contributed by atoms with Crippen LogP contribution in [0, 0.1) is 5.92 Å². The van der Waals surface area contributed by atoms with E-state index >= 15 is 0 Å². The minimum atomic E-state index is -0.445. The summed E-state index contributed by atoms with van der Waals surface area (Å²) < 4.78 is 11.2. The molecule has 3 rings (SSSR count). The van der Waals surface area contributed by atoms with Gasteiger partial charge >= 0.3 is 6.09 Å². The molecule has 1 aromatic heterocycles. The van der Waals surface area contributed by atoms with E-state index in [1.807, 2.05) is 30.6 Å². The number of nitrogens with zero attached hydrogens (tertiary/aromatic N) is 3. The zero-order valence-corrected chi connectivity index (χ0v) is 18.6. The third-order valence-corrected chi connectivity index (χ3v) is 5.65. The molecule has 166 valence electrons. The molecule has 2 aliphatic heterocycles. The molecule has 0 atom stereocenters. The maximum absolute atomic E-state index is 12.3. The summed E-state index contributed by atoms with van der Waals surface area (Å²) in [4.78, 5) is 32.5. The summed E-state index contributed by atoms with van der Waals surface area (Å²) in [6, 6.07) is 3.58. The normalized spacial score (nSPS) is 17.8. The Kier molecular flexibility index (Phi) is 7.56. The Hall–Kier alpha value is -2.31. The van der Waals surface area contributed by atoms with E-state index in [0.29, 0.717) is 24.0 Å². The Balaban J connectivity index is 1.32. The molecule has 0 aromatic carbocycles. The van der Waals surface area contributed by atoms with E-state index in [0.717, 1.165) is 64.7 Å². The van der Waals surface area contributed by atoms with Gasteiger partial charge in [0.25, 0.3) is 5.91 Å². The highest BCUT2D eigenvalue weighted by atomic mass is 16.6. The van der Waals surface area contributed by atoms with Gasteiger partial charge < -0.3 is 19.3 Å². The first-order valence-electron chi connectivity index (χ1n) is 11.2. The summed E-state index contributed by atoms with van der Waals surface area (Å²) in [6.07, 6.45) is 7.61. The molecule has 0 aliphatic carbocycles.